The fraction of sp³-hybridized carbons (Fsp3) is 0.375. The molecule has 3 aromatic heterocycles. The van der Waals surface area contributed by atoms with Crippen molar-refractivity contribution in [2.75, 3.05) is 6.54 Å². The van der Waals surface area contributed by atoms with Gasteiger partial charge in [0.25, 0.3) is 0 Å². The van der Waals surface area contributed by atoms with Crippen LogP contribution in [0.25, 0.3) is 0 Å². The summed E-state index contributed by atoms with van der Waals surface area (Å²) in [7, 11) is 1.93. The first-order chi connectivity index (χ1) is 11.2. The maximum Gasteiger partial charge on any atom is 0.198 e. The molecule has 4 heterocycles. The van der Waals surface area contributed by atoms with Gasteiger partial charge in [-0.05, 0) is 43.0 Å². The third kappa shape index (κ3) is 2.82. The van der Waals surface area contributed by atoms with Gasteiger partial charge < -0.3 is 13.6 Å². The van der Waals surface area contributed by atoms with E-state index in [1.807, 2.05) is 17.7 Å². The van der Waals surface area contributed by atoms with Gasteiger partial charge in [0.2, 0.25) is 0 Å². The van der Waals surface area contributed by atoms with Crippen LogP contribution in [-0.4, -0.2) is 30.8 Å². The van der Waals surface area contributed by atoms with Crippen molar-refractivity contribution in [2.24, 2.45) is 7.05 Å². The van der Waals surface area contributed by atoms with Gasteiger partial charge in [-0.2, -0.15) is 0 Å². The number of furan rings is 1. The second kappa shape index (κ2) is 5.90. The minimum Gasteiger partial charge on any atom is -0.453 e. The second-order valence-corrected chi connectivity index (χ2v) is 6.79. The Hall–Kier alpha value is -1.99. The monoisotopic (exact) mass is 329 g/mol. The van der Waals surface area contributed by atoms with Crippen molar-refractivity contribution in [1.29, 1.82) is 0 Å². The average molecular weight is 329 g/mol. The van der Waals surface area contributed by atoms with E-state index < -0.39 is 0 Å². The van der Waals surface area contributed by atoms with Gasteiger partial charge in [0.1, 0.15) is 12.1 Å². The molecule has 0 saturated carbocycles. The van der Waals surface area contributed by atoms with Crippen LogP contribution in [0.4, 0.5) is 0 Å². The Morgan fingerprint density at radius 2 is 2.22 bits per heavy atom. The Kier molecular flexibility index (Phi) is 3.74. The normalized spacial score (nSPS) is 18.3. The molecule has 0 radical (unpaired) electrons. The van der Waals surface area contributed by atoms with Crippen molar-refractivity contribution in [3.63, 3.8) is 0 Å². The zero-order chi connectivity index (χ0) is 15.8. The zero-order valence-electron chi connectivity index (χ0n) is 13.2. The van der Waals surface area contributed by atoms with Crippen LogP contribution in [0.5, 0.6) is 0 Å². The van der Waals surface area contributed by atoms with Gasteiger partial charge in [-0.15, -0.1) is 10.2 Å². The Balaban J connectivity index is 1.45. The Labute approximate surface area is 139 Å². The van der Waals surface area contributed by atoms with Crippen LogP contribution in [0.3, 0.4) is 0 Å². The van der Waals surface area contributed by atoms with Gasteiger partial charge in [0, 0.05) is 38.1 Å². The van der Waals surface area contributed by atoms with E-state index in [0.29, 0.717) is 6.04 Å². The maximum atomic E-state index is 5.97. The fourth-order valence-corrected chi connectivity index (χ4v) is 3.74. The molecule has 0 N–H and O–H groups in total. The largest absolute Gasteiger partial charge is 0.453 e. The number of aryl methyl sites for hydroxylation is 1. The lowest BCUT2D eigenvalue weighted by molar-refractivity contribution is 0.146. The van der Waals surface area contributed by atoms with Crippen LogP contribution in [0.15, 0.2) is 51.5 Å². The first-order valence-corrected chi connectivity index (χ1v) is 8.52. The van der Waals surface area contributed by atoms with Gasteiger partial charge in [-0.1, -0.05) is 0 Å². The van der Waals surface area contributed by atoms with Gasteiger partial charge in [-0.3, -0.25) is 4.90 Å². The van der Waals surface area contributed by atoms with Crippen molar-refractivity contribution in [2.45, 2.75) is 36.3 Å². The summed E-state index contributed by atoms with van der Waals surface area (Å²) in [6, 6.07) is 8.79. The summed E-state index contributed by atoms with van der Waals surface area (Å²) in [4.78, 5) is 2.45. The molecule has 23 heavy (non-hydrogen) atoms. The van der Waals surface area contributed by atoms with Crippen LogP contribution >= 0.6 is 11.8 Å². The molecule has 0 spiro atoms. The summed E-state index contributed by atoms with van der Waals surface area (Å²) >= 11 is 1.49. The highest BCUT2D eigenvalue weighted by Gasteiger charge is 2.24. The van der Waals surface area contributed by atoms with E-state index in [9.17, 15) is 0 Å². The molecular formula is C16H19N5OS. The van der Waals surface area contributed by atoms with E-state index in [0.717, 1.165) is 35.6 Å². The van der Waals surface area contributed by atoms with E-state index in [1.165, 1.54) is 17.5 Å². The number of hydrogen-bond donors (Lipinski definition) is 0. The van der Waals surface area contributed by atoms with E-state index in [2.05, 4.69) is 51.0 Å². The lowest BCUT2D eigenvalue weighted by Gasteiger charge is -2.34. The molecule has 0 bridgehead atoms. The summed E-state index contributed by atoms with van der Waals surface area (Å²) in [5.41, 5.74) is 1.37. The van der Waals surface area contributed by atoms with E-state index >= 15 is 0 Å². The predicted molar refractivity (Wildman–Crippen MR) is 87.1 cm³/mol. The van der Waals surface area contributed by atoms with Gasteiger partial charge in [0.05, 0.1) is 6.54 Å². The SMILES string of the molecule is C[C@@H]1c2cccn2CCN1Cc1ccc(Sc2nncn2C)o1. The molecule has 120 valence electrons. The number of hydrogen-bond acceptors (Lipinski definition) is 5. The highest BCUT2D eigenvalue weighted by atomic mass is 32.2. The number of rotatable bonds is 4. The van der Waals surface area contributed by atoms with E-state index in [-0.39, 0.29) is 0 Å². The highest BCUT2D eigenvalue weighted by molar-refractivity contribution is 7.99. The van der Waals surface area contributed by atoms with Crippen molar-refractivity contribution in [1.82, 2.24) is 24.2 Å². The van der Waals surface area contributed by atoms with Crippen LogP contribution in [0, 0.1) is 0 Å². The summed E-state index contributed by atoms with van der Waals surface area (Å²) in [6.07, 6.45) is 3.85. The fourth-order valence-electron chi connectivity index (χ4n) is 3.00. The maximum absolute atomic E-state index is 5.97. The smallest absolute Gasteiger partial charge is 0.198 e. The highest BCUT2D eigenvalue weighted by Crippen LogP contribution is 2.30. The van der Waals surface area contributed by atoms with E-state index in [4.69, 9.17) is 4.42 Å². The number of fused-ring (bicyclic) bond motifs is 1. The Bertz CT molecular complexity index is 805. The summed E-state index contributed by atoms with van der Waals surface area (Å²) in [5, 5.41) is 9.63. The molecule has 3 aromatic rings. The third-order valence-corrected chi connectivity index (χ3v) is 5.30. The molecule has 1 aliphatic rings. The molecule has 0 aromatic carbocycles. The van der Waals surface area contributed by atoms with Gasteiger partial charge >= 0.3 is 0 Å². The molecule has 6 nitrogen and oxygen atoms in total. The zero-order valence-corrected chi connectivity index (χ0v) is 14.0. The Morgan fingerprint density at radius 3 is 3.04 bits per heavy atom. The molecule has 0 fully saturated rings. The Morgan fingerprint density at radius 1 is 1.30 bits per heavy atom. The third-order valence-electron chi connectivity index (χ3n) is 4.33. The topological polar surface area (TPSA) is 52.0 Å². The average Bonchev–Trinajstić information content (AvgIpc) is 3.25. The van der Waals surface area contributed by atoms with Crippen molar-refractivity contribution < 1.29 is 4.42 Å². The number of nitrogens with zero attached hydrogens (tertiary/aromatic N) is 5. The second-order valence-electron chi connectivity index (χ2n) is 5.82. The van der Waals surface area contributed by atoms with E-state index in [1.54, 1.807) is 6.33 Å². The van der Waals surface area contributed by atoms with Crippen molar-refractivity contribution in [3.05, 3.63) is 48.2 Å². The van der Waals surface area contributed by atoms with Crippen LogP contribution in [-0.2, 0) is 20.1 Å². The molecule has 0 aliphatic carbocycles. The van der Waals surface area contributed by atoms with Crippen LogP contribution in [0.1, 0.15) is 24.4 Å². The summed E-state index contributed by atoms with van der Waals surface area (Å²) in [6.45, 7) is 5.15. The van der Waals surface area contributed by atoms with Gasteiger partial charge in [-0.25, -0.2) is 0 Å². The van der Waals surface area contributed by atoms with Crippen molar-refractivity contribution in [3.8, 4) is 0 Å². The lowest BCUT2D eigenvalue weighted by Crippen LogP contribution is -2.35. The predicted octanol–water partition coefficient (Wildman–Crippen LogP) is 2.94. The van der Waals surface area contributed by atoms with Crippen molar-refractivity contribution >= 4 is 11.8 Å². The lowest BCUT2D eigenvalue weighted by atomic mass is 10.1. The molecular weight excluding hydrogens is 310 g/mol. The molecule has 7 heteroatoms. The minimum atomic E-state index is 0.402. The molecule has 4 rings (SSSR count). The first kappa shape index (κ1) is 14.6. The molecule has 1 atom stereocenters. The first-order valence-electron chi connectivity index (χ1n) is 7.70. The standard InChI is InChI=1S/C16H19N5OS/c1-12-14-4-3-7-20(14)8-9-21(12)10-13-5-6-15(22-13)23-16-18-17-11-19(16)2/h3-7,11-12H,8-10H2,1-2H3/t12-/m1/s1. The molecule has 0 amide bonds. The summed E-state index contributed by atoms with van der Waals surface area (Å²) in [5.74, 6) is 0.988. The summed E-state index contributed by atoms with van der Waals surface area (Å²) < 4.78 is 10.2. The van der Waals surface area contributed by atoms with Gasteiger partial charge in [0.15, 0.2) is 10.2 Å². The minimum absolute atomic E-state index is 0.402. The quantitative estimate of drug-likeness (QED) is 0.736. The van der Waals surface area contributed by atoms with Crippen LogP contribution in [0.2, 0.25) is 0 Å². The molecule has 0 saturated heterocycles. The van der Waals surface area contributed by atoms with Crippen LogP contribution < -0.4 is 0 Å². The molecule has 1 aliphatic heterocycles. The number of aromatic nitrogens is 4. The molecule has 0 unspecified atom stereocenters.